The first-order chi connectivity index (χ1) is 5.27. The number of aryl methyl sites for hydroxylation is 1. The maximum Gasteiger partial charge on any atom is 0.107 e. The summed E-state index contributed by atoms with van der Waals surface area (Å²) < 4.78 is 0. The van der Waals surface area contributed by atoms with Gasteiger partial charge in [-0.2, -0.15) is 0 Å². The van der Waals surface area contributed by atoms with Crippen LogP contribution >= 0.6 is 0 Å². The summed E-state index contributed by atoms with van der Waals surface area (Å²) >= 11 is 0. The monoisotopic (exact) mass is 144 g/mol. The third-order valence-electron chi connectivity index (χ3n) is 1.99. The van der Waals surface area contributed by atoms with Crippen LogP contribution < -0.4 is 0 Å². The summed E-state index contributed by atoms with van der Waals surface area (Å²) in [5.74, 6) is 0. The normalized spacial score (nSPS) is 9.55. The van der Waals surface area contributed by atoms with E-state index in [4.69, 9.17) is 0 Å². The van der Waals surface area contributed by atoms with Gasteiger partial charge in [-0.3, -0.25) is 0 Å². The molecule has 11 heavy (non-hydrogen) atoms. The van der Waals surface area contributed by atoms with Gasteiger partial charge in [0.05, 0.1) is 0 Å². The molecular weight excluding hydrogens is 131 g/mol. The van der Waals surface area contributed by atoms with Crippen LogP contribution in [0, 0.1) is 6.92 Å². The topological polar surface area (TPSA) is 0 Å². The fraction of sp³-hybridized carbons (Fsp3) is 0.200. The molecule has 0 saturated carbocycles. The average molecular weight is 144 g/mol. The van der Waals surface area contributed by atoms with Gasteiger partial charge in [-0.15, -0.1) is 0 Å². The summed E-state index contributed by atoms with van der Waals surface area (Å²) in [6.45, 7) is 5.88. The van der Waals surface area contributed by atoms with Crippen LogP contribution in [0.3, 0.4) is 0 Å². The minimum atomic E-state index is 1.10. The zero-order valence-electron chi connectivity index (χ0n) is 7.22. The van der Waals surface area contributed by atoms with E-state index < -0.39 is 0 Å². The summed E-state index contributed by atoms with van der Waals surface area (Å²) in [5.41, 5.74) is 4.01. The number of benzene rings is 1. The van der Waals surface area contributed by atoms with E-state index in [-0.39, 0.29) is 0 Å². The third kappa shape index (κ3) is 1.73. The van der Waals surface area contributed by atoms with E-state index in [1.54, 1.807) is 0 Å². The minimum Gasteiger partial charge on any atom is -0.0985 e. The van der Waals surface area contributed by atoms with Crippen LogP contribution in [0.4, 0.5) is 0 Å². The molecule has 1 aromatic carbocycles. The molecule has 0 fully saturated rings. The average Bonchev–Trinajstić information content (AvgIpc) is 2.05. The van der Waals surface area contributed by atoms with E-state index in [0.717, 1.165) is 6.32 Å². The molecule has 56 valence electrons. The van der Waals surface area contributed by atoms with Crippen LogP contribution in [0.5, 0.6) is 0 Å². The Morgan fingerprint density at radius 1 is 1.55 bits per heavy atom. The first-order valence-electron chi connectivity index (χ1n) is 4.00. The minimum absolute atomic E-state index is 1.10. The predicted molar refractivity (Wildman–Crippen MR) is 53.5 cm³/mol. The molecule has 0 nitrogen and oxygen atoms in total. The van der Waals surface area contributed by atoms with Crippen molar-refractivity contribution in [3.8, 4) is 0 Å². The predicted octanol–water partition coefficient (Wildman–Crippen LogP) is 1.77. The van der Waals surface area contributed by atoms with E-state index >= 15 is 0 Å². The van der Waals surface area contributed by atoms with Gasteiger partial charge in [0.2, 0.25) is 0 Å². The van der Waals surface area contributed by atoms with Crippen molar-refractivity contribution in [1.29, 1.82) is 0 Å². The zero-order chi connectivity index (χ0) is 8.27. The zero-order valence-corrected chi connectivity index (χ0v) is 7.22. The van der Waals surface area contributed by atoms with Crippen molar-refractivity contribution >= 4 is 13.9 Å². The van der Waals surface area contributed by atoms with Gasteiger partial charge in [0.15, 0.2) is 0 Å². The lowest BCUT2D eigenvalue weighted by Crippen LogP contribution is -1.89. The molecule has 0 aliphatic rings. The van der Waals surface area contributed by atoms with Crippen LogP contribution in [0.15, 0.2) is 24.8 Å². The molecule has 0 aliphatic carbocycles. The maximum atomic E-state index is 3.74. The first-order valence-corrected chi connectivity index (χ1v) is 4.00. The third-order valence-corrected chi connectivity index (χ3v) is 1.99. The summed E-state index contributed by atoms with van der Waals surface area (Å²) in [5, 5.41) is 0. The molecule has 0 unspecified atom stereocenters. The molecule has 0 aromatic heterocycles. The highest BCUT2D eigenvalue weighted by Crippen LogP contribution is 2.11. The lowest BCUT2D eigenvalue weighted by Gasteiger charge is -2.02. The van der Waals surface area contributed by atoms with Crippen LogP contribution in [-0.4, -0.2) is 7.85 Å². The van der Waals surface area contributed by atoms with Gasteiger partial charge in [-0.25, -0.2) is 0 Å². The Morgan fingerprint density at radius 2 is 2.27 bits per heavy atom. The molecule has 0 amide bonds. The van der Waals surface area contributed by atoms with E-state index in [0.29, 0.717) is 0 Å². The van der Waals surface area contributed by atoms with Crippen molar-refractivity contribution < 1.29 is 0 Å². The van der Waals surface area contributed by atoms with Crippen molar-refractivity contribution in [2.45, 2.75) is 13.2 Å². The Bertz CT molecular complexity index is 264. The highest BCUT2D eigenvalue weighted by molar-refractivity contribution is 6.08. The fourth-order valence-electron chi connectivity index (χ4n) is 1.20. The second-order valence-corrected chi connectivity index (χ2v) is 2.74. The summed E-state index contributed by atoms with van der Waals surface area (Å²) in [7, 11) is 2.18. The smallest absolute Gasteiger partial charge is 0.0985 e. The Morgan fingerprint density at radius 3 is 2.82 bits per heavy atom. The van der Waals surface area contributed by atoms with E-state index in [2.05, 4.69) is 39.5 Å². The molecule has 0 bridgehead atoms. The molecule has 1 heteroatoms. The van der Waals surface area contributed by atoms with Crippen LogP contribution in [0.1, 0.15) is 16.7 Å². The molecule has 0 atom stereocenters. The Kier molecular flexibility index (Phi) is 2.53. The number of rotatable bonds is 2. The van der Waals surface area contributed by atoms with Crippen molar-refractivity contribution in [1.82, 2.24) is 0 Å². The van der Waals surface area contributed by atoms with Crippen LogP contribution in [0.25, 0.3) is 6.08 Å². The van der Waals surface area contributed by atoms with Gasteiger partial charge in [0, 0.05) is 0 Å². The Hall–Kier alpha value is -0.975. The summed E-state index contributed by atoms with van der Waals surface area (Å²) in [4.78, 5) is 0. The van der Waals surface area contributed by atoms with Gasteiger partial charge in [0.1, 0.15) is 7.85 Å². The molecular formula is C10H13B. The Balaban J connectivity index is 3.12. The second kappa shape index (κ2) is 3.43. The molecule has 0 aliphatic heterocycles. The van der Waals surface area contributed by atoms with E-state index in [9.17, 15) is 0 Å². The van der Waals surface area contributed by atoms with Gasteiger partial charge < -0.3 is 0 Å². The van der Waals surface area contributed by atoms with Crippen molar-refractivity contribution in [2.24, 2.45) is 0 Å². The van der Waals surface area contributed by atoms with Gasteiger partial charge in [-0.05, 0) is 18.1 Å². The highest BCUT2D eigenvalue weighted by Gasteiger charge is 1.94. The quantitative estimate of drug-likeness (QED) is 0.555. The molecule has 1 rings (SSSR count). The summed E-state index contributed by atoms with van der Waals surface area (Å²) in [6, 6.07) is 6.44. The number of hydrogen-bond donors (Lipinski definition) is 0. The Labute approximate surface area is 69.4 Å². The lowest BCUT2D eigenvalue weighted by atomic mass is 9.92. The second-order valence-electron chi connectivity index (χ2n) is 2.74. The van der Waals surface area contributed by atoms with Crippen molar-refractivity contribution in [3.05, 3.63) is 41.5 Å². The molecule has 0 spiro atoms. The SMILES string of the molecule is BCc1cc(C=C)ccc1C. The fourth-order valence-corrected chi connectivity index (χ4v) is 1.20. The molecule has 0 saturated heterocycles. The number of hydrogen-bond acceptors (Lipinski definition) is 0. The largest absolute Gasteiger partial charge is 0.107 e. The lowest BCUT2D eigenvalue weighted by molar-refractivity contribution is 1.29. The van der Waals surface area contributed by atoms with Gasteiger partial charge >= 0.3 is 0 Å². The first kappa shape index (κ1) is 8.12. The molecule has 0 heterocycles. The standard InChI is InChI=1S/C10H13B/c1-3-9-5-4-8(2)10(6-9)7-11/h3-6H,1,7,11H2,2H3. The van der Waals surface area contributed by atoms with Crippen molar-refractivity contribution in [2.75, 3.05) is 0 Å². The van der Waals surface area contributed by atoms with Crippen LogP contribution in [-0.2, 0) is 6.32 Å². The van der Waals surface area contributed by atoms with Crippen molar-refractivity contribution in [3.63, 3.8) is 0 Å². The van der Waals surface area contributed by atoms with Gasteiger partial charge in [0.25, 0.3) is 0 Å². The molecule has 0 radical (unpaired) electrons. The maximum absolute atomic E-state index is 3.74. The van der Waals surface area contributed by atoms with E-state index in [1.165, 1.54) is 16.7 Å². The van der Waals surface area contributed by atoms with E-state index in [1.807, 2.05) is 6.08 Å². The summed E-state index contributed by atoms with van der Waals surface area (Å²) in [6.07, 6.45) is 2.99. The molecule has 1 aromatic rings. The highest BCUT2D eigenvalue weighted by atomic mass is 14.0. The molecule has 0 N–H and O–H groups in total. The van der Waals surface area contributed by atoms with Gasteiger partial charge in [-0.1, -0.05) is 42.7 Å². The van der Waals surface area contributed by atoms with Crippen LogP contribution in [0.2, 0.25) is 0 Å².